The summed E-state index contributed by atoms with van der Waals surface area (Å²) in [6, 6.07) is 0. The van der Waals surface area contributed by atoms with Gasteiger partial charge in [-0.05, 0) is 6.42 Å². The van der Waals surface area contributed by atoms with Crippen LogP contribution in [0.25, 0.3) is 0 Å². The minimum absolute atomic E-state index is 0.167. The maximum absolute atomic E-state index is 11.0. The van der Waals surface area contributed by atoms with Gasteiger partial charge < -0.3 is 5.32 Å². The molecule has 0 saturated heterocycles. The third kappa shape index (κ3) is 7.92. The molecule has 72 valence electrons. The van der Waals surface area contributed by atoms with Crippen molar-refractivity contribution in [2.45, 2.75) is 39.0 Å². The summed E-state index contributed by atoms with van der Waals surface area (Å²) in [6.45, 7) is 2.86. The first-order valence-electron chi connectivity index (χ1n) is 4.68. The van der Waals surface area contributed by atoms with Gasteiger partial charge >= 0.3 is 0 Å². The van der Waals surface area contributed by atoms with Crippen LogP contribution in [-0.2, 0) is 4.79 Å². The van der Waals surface area contributed by atoms with Crippen LogP contribution in [0.1, 0.15) is 39.0 Å². The van der Waals surface area contributed by atoms with Gasteiger partial charge in [-0.15, -0.1) is 0 Å². The highest BCUT2D eigenvalue weighted by atomic mass is 32.1. The van der Waals surface area contributed by atoms with Crippen LogP contribution in [0.15, 0.2) is 0 Å². The first kappa shape index (κ1) is 11.8. The van der Waals surface area contributed by atoms with Crippen LogP contribution in [0.4, 0.5) is 0 Å². The third-order valence-corrected chi connectivity index (χ3v) is 1.91. The van der Waals surface area contributed by atoms with E-state index in [0.29, 0.717) is 13.0 Å². The van der Waals surface area contributed by atoms with E-state index in [1.54, 1.807) is 0 Å². The Morgan fingerprint density at radius 2 is 2.08 bits per heavy atom. The molecule has 0 aliphatic carbocycles. The zero-order valence-electron chi connectivity index (χ0n) is 7.81. The van der Waals surface area contributed by atoms with Crippen LogP contribution >= 0.6 is 12.6 Å². The average Bonchev–Trinajstić information content (AvgIpc) is 2.09. The van der Waals surface area contributed by atoms with Gasteiger partial charge in [0.05, 0.1) is 0 Å². The van der Waals surface area contributed by atoms with Gasteiger partial charge in [-0.3, -0.25) is 4.79 Å². The number of amides is 1. The first-order valence-corrected chi connectivity index (χ1v) is 5.32. The van der Waals surface area contributed by atoms with Crippen LogP contribution < -0.4 is 5.32 Å². The number of hydrogen-bond acceptors (Lipinski definition) is 2. The summed E-state index contributed by atoms with van der Waals surface area (Å²) in [5, 5.41) is 2.79. The lowest BCUT2D eigenvalue weighted by molar-refractivity contribution is -0.121. The summed E-state index contributed by atoms with van der Waals surface area (Å²) in [6.07, 6.45) is 5.32. The standard InChI is InChI=1S/C9H19NOS/c1-2-3-4-5-6-9(11)10-7-8-12/h12H,2-8H2,1H3,(H,10,11). The van der Waals surface area contributed by atoms with Gasteiger partial charge in [0.2, 0.25) is 5.91 Å². The number of rotatable bonds is 7. The van der Waals surface area contributed by atoms with E-state index in [9.17, 15) is 4.79 Å². The van der Waals surface area contributed by atoms with Crippen LogP contribution in [0.2, 0.25) is 0 Å². The fraction of sp³-hybridized carbons (Fsp3) is 0.889. The SMILES string of the molecule is CCCCCCC(=O)NCCS. The second-order valence-electron chi connectivity index (χ2n) is 2.88. The number of hydrogen-bond donors (Lipinski definition) is 2. The normalized spacial score (nSPS) is 9.83. The minimum atomic E-state index is 0.167. The Hall–Kier alpha value is -0.180. The van der Waals surface area contributed by atoms with Crippen molar-refractivity contribution in [1.29, 1.82) is 0 Å². The molecule has 0 aliphatic rings. The monoisotopic (exact) mass is 189 g/mol. The molecular formula is C9H19NOS. The van der Waals surface area contributed by atoms with Crippen LogP contribution in [0, 0.1) is 0 Å². The van der Waals surface area contributed by atoms with Crippen molar-refractivity contribution in [3.05, 3.63) is 0 Å². The van der Waals surface area contributed by atoms with Crippen molar-refractivity contribution >= 4 is 18.5 Å². The van der Waals surface area contributed by atoms with E-state index >= 15 is 0 Å². The van der Waals surface area contributed by atoms with E-state index in [4.69, 9.17) is 0 Å². The minimum Gasteiger partial charge on any atom is -0.355 e. The molecule has 0 fully saturated rings. The second kappa shape index (κ2) is 8.91. The third-order valence-electron chi connectivity index (χ3n) is 1.69. The lowest BCUT2D eigenvalue weighted by Gasteiger charge is -2.01. The summed E-state index contributed by atoms with van der Waals surface area (Å²) < 4.78 is 0. The van der Waals surface area contributed by atoms with Crippen molar-refractivity contribution in [2.75, 3.05) is 12.3 Å². The van der Waals surface area contributed by atoms with Gasteiger partial charge in [-0.1, -0.05) is 26.2 Å². The maximum Gasteiger partial charge on any atom is 0.220 e. The lowest BCUT2D eigenvalue weighted by Crippen LogP contribution is -2.24. The second-order valence-corrected chi connectivity index (χ2v) is 3.33. The number of unbranched alkanes of at least 4 members (excludes halogenated alkanes) is 3. The number of nitrogens with one attached hydrogen (secondary N) is 1. The molecule has 0 rings (SSSR count). The molecule has 2 nitrogen and oxygen atoms in total. The molecular weight excluding hydrogens is 170 g/mol. The highest BCUT2D eigenvalue weighted by Crippen LogP contribution is 2.01. The molecule has 0 spiro atoms. The molecule has 3 heteroatoms. The van der Waals surface area contributed by atoms with E-state index in [1.807, 2.05) is 0 Å². The first-order chi connectivity index (χ1) is 5.81. The zero-order chi connectivity index (χ0) is 9.23. The van der Waals surface area contributed by atoms with Crippen molar-refractivity contribution in [1.82, 2.24) is 5.32 Å². The molecule has 1 amide bonds. The molecule has 0 radical (unpaired) electrons. The van der Waals surface area contributed by atoms with Crippen LogP contribution in [0.3, 0.4) is 0 Å². The molecule has 0 bridgehead atoms. The van der Waals surface area contributed by atoms with Gasteiger partial charge in [0.25, 0.3) is 0 Å². The topological polar surface area (TPSA) is 29.1 Å². The van der Waals surface area contributed by atoms with Crippen molar-refractivity contribution in [3.8, 4) is 0 Å². The number of thiol groups is 1. The highest BCUT2D eigenvalue weighted by Gasteiger charge is 1.98. The Morgan fingerprint density at radius 3 is 2.67 bits per heavy atom. The Labute approximate surface area is 80.5 Å². The predicted octanol–water partition coefficient (Wildman–Crippen LogP) is 2.00. The molecule has 0 saturated carbocycles. The Morgan fingerprint density at radius 1 is 1.33 bits per heavy atom. The van der Waals surface area contributed by atoms with Gasteiger partial charge in [0.1, 0.15) is 0 Å². The van der Waals surface area contributed by atoms with Crippen molar-refractivity contribution < 1.29 is 4.79 Å². The smallest absolute Gasteiger partial charge is 0.220 e. The average molecular weight is 189 g/mol. The molecule has 0 atom stereocenters. The quantitative estimate of drug-likeness (QED) is 0.465. The fourth-order valence-electron chi connectivity index (χ4n) is 0.996. The highest BCUT2D eigenvalue weighted by molar-refractivity contribution is 7.80. The van der Waals surface area contributed by atoms with Crippen molar-refractivity contribution in [3.63, 3.8) is 0 Å². The molecule has 1 N–H and O–H groups in total. The van der Waals surface area contributed by atoms with E-state index in [2.05, 4.69) is 24.9 Å². The number of carbonyl (C=O) groups excluding carboxylic acids is 1. The van der Waals surface area contributed by atoms with Crippen molar-refractivity contribution in [2.24, 2.45) is 0 Å². The molecule has 0 aromatic carbocycles. The Bertz CT molecular complexity index is 117. The predicted molar refractivity (Wildman–Crippen MR) is 55.6 cm³/mol. The molecule has 0 heterocycles. The van der Waals surface area contributed by atoms with Gasteiger partial charge in [0.15, 0.2) is 0 Å². The molecule has 12 heavy (non-hydrogen) atoms. The number of carbonyl (C=O) groups is 1. The van der Waals surface area contributed by atoms with Crippen LogP contribution in [0.5, 0.6) is 0 Å². The summed E-state index contributed by atoms with van der Waals surface area (Å²) in [5.74, 6) is 0.890. The maximum atomic E-state index is 11.0. The van der Waals surface area contributed by atoms with E-state index in [0.717, 1.165) is 12.2 Å². The summed E-state index contributed by atoms with van der Waals surface area (Å²) >= 11 is 4.01. The summed E-state index contributed by atoms with van der Waals surface area (Å²) in [5.41, 5.74) is 0. The molecule has 0 aromatic heterocycles. The Balaban J connectivity index is 3.08. The lowest BCUT2D eigenvalue weighted by atomic mass is 10.1. The fourth-order valence-corrected chi connectivity index (χ4v) is 1.11. The van der Waals surface area contributed by atoms with E-state index < -0.39 is 0 Å². The van der Waals surface area contributed by atoms with E-state index in [-0.39, 0.29) is 5.91 Å². The molecule has 0 aromatic rings. The van der Waals surface area contributed by atoms with Gasteiger partial charge in [-0.25, -0.2) is 0 Å². The molecule has 0 unspecified atom stereocenters. The zero-order valence-corrected chi connectivity index (χ0v) is 8.70. The summed E-state index contributed by atoms with van der Waals surface area (Å²) in [4.78, 5) is 11.0. The van der Waals surface area contributed by atoms with Gasteiger partial charge in [-0.2, -0.15) is 12.6 Å². The largest absolute Gasteiger partial charge is 0.355 e. The molecule has 0 aliphatic heterocycles. The Kier molecular flexibility index (Phi) is 8.78. The van der Waals surface area contributed by atoms with Crippen LogP contribution in [-0.4, -0.2) is 18.2 Å². The van der Waals surface area contributed by atoms with Gasteiger partial charge in [0, 0.05) is 18.7 Å². The summed E-state index contributed by atoms with van der Waals surface area (Å²) in [7, 11) is 0. The van der Waals surface area contributed by atoms with E-state index in [1.165, 1.54) is 19.3 Å².